The van der Waals surface area contributed by atoms with Gasteiger partial charge in [-0.2, -0.15) is 0 Å². The van der Waals surface area contributed by atoms with Crippen LogP contribution in [0.3, 0.4) is 0 Å². The summed E-state index contributed by atoms with van der Waals surface area (Å²) in [5.74, 6) is 1.03. The molecule has 38 heavy (non-hydrogen) atoms. The van der Waals surface area contributed by atoms with Crippen molar-refractivity contribution in [3.05, 3.63) is 101 Å². The first kappa shape index (κ1) is 27.4. The molecule has 3 aromatic rings. The highest BCUT2D eigenvalue weighted by molar-refractivity contribution is 5.78. The molecule has 4 rings (SSSR count). The monoisotopic (exact) mass is 513 g/mol. The van der Waals surface area contributed by atoms with Crippen LogP contribution in [-0.4, -0.2) is 48.4 Å². The number of ether oxygens (including phenoxy) is 1. The lowest BCUT2D eigenvalue weighted by molar-refractivity contribution is -0.130. The minimum atomic E-state index is 0.0471. The fraction of sp³-hybridized carbons (Fsp3) is 0.375. The molecule has 200 valence electrons. The molecule has 2 amide bonds. The zero-order valence-corrected chi connectivity index (χ0v) is 22.4. The van der Waals surface area contributed by atoms with Crippen LogP contribution in [0.4, 0.5) is 0 Å². The number of amides is 2. The van der Waals surface area contributed by atoms with E-state index >= 15 is 0 Å². The van der Waals surface area contributed by atoms with E-state index in [1.165, 1.54) is 0 Å². The molecule has 0 unspecified atom stereocenters. The van der Waals surface area contributed by atoms with Gasteiger partial charge >= 0.3 is 0 Å². The third kappa shape index (κ3) is 8.73. The first-order valence-corrected chi connectivity index (χ1v) is 13.6. The second-order valence-corrected chi connectivity index (χ2v) is 10.1. The number of carbonyl (C=O) groups is 2. The van der Waals surface area contributed by atoms with Crippen molar-refractivity contribution in [1.29, 1.82) is 0 Å². The molecule has 1 N–H and O–H groups in total. The molecule has 0 aliphatic carbocycles. The standard InChI is InChI=1S/C32H39N3O3/c1-34(22-27-11-5-2-6-12-27)32(37)18-16-26-15-17-30-29(21-26)24-35(23-28-13-7-3-8-14-28)25-31(36)33-19-9-4-10-20-38-30/h2-3,5-8,11-15,17,21H,4,9-10,16,18-20,22-25H2,1H3,(H,33,36). The summed E-state index contributed by atoms with van der Waals surface area (Å²) in [6.45, 7) is 3.53. The minimum Gasteiger partial charge on any atom is -0.493 e. The highest BCUT2D eigenvalue weighted by atomic mass is 16.5. The zero-order valence-electron chi connectivity index (χ0n) is 22.4. The number of rotatable bonds is 7. The predicted molar refractivity (Wildman–Crippen MR) is 151 cm³/mol. The zero-order chi connectivity index (χ0) is 26.6. The van der Waals surface area contributed by atoms with Gasteiger partial charge in [0.25, 0.3) is 0 Å². The summed E-state index contributed by atoms with van der Waals surface area (Å²) in [7, 11) is 1.86. The third-order valence-electron chi connectivity index (χ3n) is 6.85. The second-order valence-electron chi connectivity index (χ2n) is 10.1. The average molecular weight is 514 g/mol. The largest absolute Gasteiger partial charge is 0.493 e. The lowest BCUT2D eigenvalue weighted by atomic mass is 10.0. The van der Waals surface area contributed by atoms with Crippen LogP contribution in [0, 0.1) is 0 Å². The van der Waals surface area contributed by atoms with Crippen molar-refractivity contribution in [3.8, 4) is 5.75 Å². The van der Waals surface area contributed by atoms with Crippen molar-refractivity contribution in [1.82, 2.24) is 15.1 Å². The van der Waals surface area contributed by atoms with Gasteiger partial charge in [-0.3, -0.25) is 14.5 Å². The Bertz CT molecular complexity index is 1170. The van der Waals surface area contributed by atoms with Gasteiger partial charge in [-0.15, -0.1) is 0 Å². The highest BCUT2D eigenvalue weighted by Gasteiger charge is 2.17. The van der Waals surface area contributed by atoms with E-state index < -0.39 is 0 Å². The van der Waals surface area contributed by atoms with E-state index in [0.717, 1.165) is 47.3 Å². The van der Waals surface area contributed by atoms with Crippen LogP contribution in [0.5, 0.6) is 5.75 Å². The maximum atomic E-state index is 12.8. The Balaban J connectivity index is 1.47. The maximum absolute atomic E-state index is 12.8. The van der Waals surface area contributed by atoms with E-state index in [1.807, 2.05) is 61.6 Å². The van der Waals surface area contributed by atoms with Crippen molar-refractivity contribution in [2.75, 3.05) is 26.7 Å². The molecule has 0 bridgehead atoms. The van der Waals surface area contributed by atoms with Gasteiger partial charge in [0, 0.05) is 45.2 Å². The quantitative estimate of drug-likeness (QED) is 0.485. The Kier molecular flexibility index (Phi) is 10.3. The SMILES string of the molecule is CN(Cc1ccccc1)C(=O)CCc1ccc2c(c1)CN(Cc1ccccc1)CC(=O)NCCCCCO2. The summed E-state index contributed by atoms with van der Waals surface area (Å²) >= 11 is 0. The van der Waals surface area contributed by atoms with Crippen LogP contribution < -0.4 is 10.1 Å². The molecule has 6 heteroatoms. The number of nitrogens with zero attached hydrogens (tertiary/aromatic N) is 2. The van der Waals surface area contributed by atoms with Gasteiger partial charge in [0.15, 0.2) is 0 Å². The average Bonchev–Trinajstić information content (AvgIpc) is 2.94. The molecular formula is C32H39N3O3. The Hall–Kier alpha value is -3.64. The van der Waals surface area contributed by atoms with Crippen LogP contribution in [0.1, 0.15) is 47.9 Å². The normalized spacial score (nSPS) is 15.1. The topological polar surface area (TPSA) is 61.9 Å². The molecule has 1 aliphatic heterocycles. The number of aryl methyl sites for hydroxylation is 1. The molecule has 0 atom stereocenters. The molecule has 6 nitrogen and oxygen atoms in total. The van der Waals surface area contributed by atoms with Gasteiger partial charge in [0.2, 0.25) is 11.8 Å². The summed E-state index contributed by atoms with van der Waals surface area (Å²) in [4.78, 5) is 29.5. The van der Waals surface area contributed by atoms with Gasteiger partial charge in [-0.05, 0) is 48.4 Å². The van der Waals surface area contributed by atoms with Crippen molar-refractivity contribution >= 4 is 11.8 Å². The molecule has 0 aromatic heterocycles. The van der Waals surface area contributed by atoms with Crippen LogP contribution in [0.15, 0.2) is 78.9 Å². The number of fused-ring (bicyclic) bond motifs is 1. The van der Waals surface area contributed by atoms with Gasteiger partial charge in [-0.1, -0.05) is 72.8 Å². The van der Waals surface area contributed by atoms with E-state index in [2.05, 4.69) is 34.5 Å². The molecule has 1 heterocycles. The van der Waals surface area contributed by atoms with Crippen LogP contribution in [0.25, 0.3) is 0 Å². The molecule has 1 aliphatic rings. The molecule has 0 radical (unpaired) electrons. The third-order valence-corrected chi connectivity index (χ3v) is 6.85. The van der Waals surface area contributed by atoms with Crippen LogP contribution in [-0.2, 0) is 35.6 Å². The van der Waals surface area contributed by atoms with Crippen molar-refractivity contribution in [2.24, 2.45) is 0 Å². The summed E-state index contributed by atoms with van der Waals surface area (Å²) in [5, 5.41) is 3.07. The van der Waals surface area contributed by atoms with E-state index in [9.17, 15) is 9.59 Å². The van der Waals surface area contributed by atoms with Gasteiger partial charge in [-0.25, -0.2) is 0 Å². The predicted octanol–water partition coefficient (Wildman–Crippen LogP) is 4.96. The summed E-state index contributed by atoms with van der Waals surface area (Å²) in [6.07, 6.45) is 4.02. The van der Waals surface area contributed by atoms with E-state index in [-0.39, 0.29) is 11.8 Å². The Morgan fingerprint density at radius 2 is 1.63 bits per heavy atom. The second kappa shape index (κ2) is 14.3. The molecule has 0 saturated carbocycles. The molecule has 0 saturated heterocycles. The first-order chi connectivity index (χ1) is 18.6. The van der Waals surface area contributed by atoms with Crippen molar-refractivity contribution in [2.45, 2.75) is 51.7 Å². The number of hydrogen-bond donors (Lipinski definition) is 1. The summed E-state index contributed by atoms with van der Waals surface area (Å²) in [5.41, 5.74) is 4.44. The van der Waals surface area contributed by atoms with Gasteiger partial charge < -0.3 is 15.0 Å². The minimum absolute atomic E-state index is 0.0471. The smallest absolute Gasteiger partial charge is 0.234 e. The molecule has 0 fully saturated rings. The fourth-order valence-electron chi connectivity index (χ4n) is 4.76. The van der Waals surface area contributed by atoms with E-state index in [0.29, 0.717) is 52.2 Å². The molecule has 3 aromatic carbocycles. The number of carbonyl (C=O) groups excluding carboxylic acids is 2. The van der Waals surface area contributed by atoms with Crippen molar-refractivity contribution in [3.63, 3.8) is 0 Å². The lowest BCUT2D eigenvalue weighted by Crippen LogP contribution is -2.37. The summed E-state index contributed by atoms with van der Waals surface area (Å²) < 4.78 is 6.20. The number of benzene rings is 3. The van der Waals surface area contributed by atoms with Gasteiger partial charge in [0.1, 0.15) is 5.75 Å². The molecular weight excluding hydrogens is 474 g/mol. The molecule has 0 spiro atoms. The Labute approximate surface area is 226 Å². The van der Waals surface area contributed by atoms with Crippen LogP contribution in [0.2, 0.25) is 0 Å². The Morgan fingerprint density at radius 3 is 2.39 bits per heavy atom. The first-order valence-electron chi connectivity index (χ1n) is 13.6. The maximum Gasteiger partial charge on any atom is 0.234 e. The lowest BCUT2D eigenvalue weighted by Gasteiger charge is -2.24. The fourth-order valence-corrected chi connectivity index (χ4v) is 4.76. The van der Waals surface area contributed by atoms with E-state index in [1.54, 1.807) is 4.90 Å². The van der Waals surface area contributed by atoms with E-state index in [4.69, 9.17) is 4.74 Å². The highest BCUT2D eigenvalue weighted by Crippen LogP contribution is 2.24. The Morgan fingerprint density at radius 1 is 0.895 bits per heavy atom. The van der Waals surface area contributed by atoms with Crippen molar-refractivity contribution < 1.29 is 14.3 Å². The summed E-state index contributed by atoms with van der Waals surface area (Å²) in [6, 6.07) is 26.5. The number of nitrogens with one attached hydrogen (secondary N) is 1. The van der Waals surface area contributed by atoms with Gasteiger partial charge in [0.05, 0.1) is 13.2 Å². The van der Waals surface area contributed by atoms with Crippen LogP contribution >= 0.6 is 0 Å². The number of hydrogen-bond acceptors (Lipinski definition) is 4.